The van der Waals surface area contributed by atoms with Crippen LogP contribution in [0, 0.1) is 0 Å². The van der Waals surface area contributed by atoms with Crippen molar-refractivity contribution in [3.8, 4) is 0 Å². The molecule has 3 unspecified atom stereocenters. The van der Waals surface area contributed by atoms with E-state index >= 15 is 0 Å². The lowest BCUT2D eigenvalue weighted by molar-refractivity contribution is -0.122. The molecule has 3 rings (SSSR count). The number of hydrogen-bond acceptors (Lipinski definition) is 4. The van der Waals surface area contributed by atoms with E-state index in [0.717, 1.165) is 32.7 Å². The maximum Gasteiger partial charge on any atom is 0.221 e. The molecule has 1 aromatic rings. The fraction of sp³-hybridized carbons (Fsp3) is 0.611. The van der Waals surface area contributed by atoms with Crippen molar-refractivity contribution in [3.63, 3.8) is 0 Å². The van der Waals surface area contributed by atoms with Crippen LogP contribution in [0.15, 0.2) is 30.3 Å². The van der Waals surface area contributed by atoms with Crippen LogP contribution >= 0.6 is 0 Å². The van der Waals surface area contributed by atoms with Crippen LogP contribution in [0.25, 0.3) is 0 Å². The Balaban J connectivity index is 1.45. The molecule has 0 radical (unpaired) electrons. The first-order valence-electron chi connectivity index (χ1n) is 8.59. The van der Waals surface area contributed by atoms with Crippen molar-refractivity contribution in [3.05, 3.63) is 35.9 Å². The normalized spacial score (nSPS) is 28.7. The second-order valence-corrected chi connectivity index (χ2v) is 6.69. The zero-order chi connectivity index (χ0) is 16.1. The number of likely N-dealkylation sites (tertiary alicyclic amines) is 1. The minimum atomic E-state index is 0.131. The molecule has 2 aliphatic heterocycles. The smallest absolute Gasteiger partial charge is 0.221 e. The molecule has 0 spiro atoms. The van der Waals surface area contributed by atoms with Gasteiger partial charge in [-0.05, 0) is 18.9 Å². The predicted octanol–water partition coefficient (Wildman–Crippen LogP) is 1.14. The largest absolute Gasteiger partial charge is 0.378 e. The number of benzene rings is 1. The number of carbonyl (C=O) groups excluding carboxylic acids is 1. The van der Waals surface area contributed by atoms with Crippen molar-refractivity contribution < 1.29 is 9.53 Å². The van der Waals surface area contributed by atoms with Crippen LogP contribution in [0.3, 0.4) is 0 Å². The molecule has 0 aromatic heterocycles. The highest BCUT2D eigenvalue weighted by molar-refractivity contribution is 5.77. The Hall–Kier alpha value is -1.43. The fourth-order valence-corrected chi connectivity index (χ4v) is 3.50. The number of morpholine rings is 1. The van der Waals surface area contributed by atoms with Gasteiger partial charge in [-0.15, -0.1) is 0 Å². The topological polar surface area (TPSA) is 53.6 Å². The molecular formula is C18H27N3O2. The summed E-state index contributed by atoms with van der Waals surface area (Å²) in [4.78, 5) is 14.7. The average molecular weight is 317 g/mol. The van der Waals surface area contributed by atoms with Gasteiger partial charge in [0.2, 0.25) is 5.91 Å². The number of amides is 1. The molecule has 2 saturated heterocycles. The lowest BCUT2D eigenvalue weighted by Gasteiger charge is -2.24. The average Bonchev–Trinajstić information content (AvgIpc) is 2.88. The number of nitrogens with one attached hydrogen (secondary N) is 2. The number of carbonyl (C=O) groups is 1. The maximum absolute atomic E-state index is 12.2. The van der Waals surface area contributed by atoms with Crippen LogP contribution in [0.5, 0.6) is 0 Å². The molecule has 5 nitrogen and oxygen atoms in total. The molecule has 126 valence electrons. The van der Waals surface area contributed by atoms with Crippen LogP contribution in [-0.4, -0.2) is 55.2 Å². The van der Waals surface area contributed by atoms with Gasteiger partial charge in [0.25, 0.3) is 0 Å². The lowest BCUT2D eigenvalue weighted by atomic mass is 10.1. The third-order valence-corrected chi connectivity index (χ3v) is 4.73. The number of ether oxygens (including phenoxy) is 1. The molecule has 2 fully saturated rings. The molecule has 1 amide bonds. The summed E-state index contributed by atoms with van der Waals surface area (Å²) >= 11 is 0. The summed E-state index contributed by atoms with van der Waals surface area (Å²) in [5.41, 5.74) is 1.33. The maximum atomic E-state index is 12.2. The van der Waals surface area contributed by atoms with Crippen molar-refractivity contribution in [2.75, 3.05) is 26.3 Å². The van der Waals surface area contributed by atoms with E-state index in [1.807, 2.05) is 6.07 Å². The summed E-state index contributed by atoms with van der Waals surface area (Å²) < 4.78 is 5.40. The summed E-state index contributed by atoms with van der Waals surface area (Å²) in [5, 5.41) is 6.53. The summed E-state index contributed by atoms with van der Waals surface area (Å²) in [5.74, 6) is 0.131. The summed E-state index contributed by atoms with van der Waals surface area (Å²) in [6, 6.07) is 11.4. The minimum Gasteiger partial charge on any atom is -0.378 e. The lowest BCUT2D eigenvalue weighted by Crippen LogP contribution is -2.46. The van der Waals surface area contributed by atoms with Gasteiger partial charge in [0.15, 0.2) is 0 Å². The molecule has 0 bridgehead atoms. The van der Waals surface area contributed by atoms with Crippen molar-refractivity contribution in [2.45, 2.75) is 44.4 Å². The standard InChI is InChI=1S/C18H27N3O2/c1-14-9-16(12-21(14)11-15-5-3-2-4-6-15)20-18(22)10-17-13-23-8-7-19-17/h2-6,14,16-17,19H,7-13H2,1H3,(H,20,22). The Morgan fingerprint density at radius 1 is 1.39 bits per heavy atom. The van der Waals surface area contributed by atoms with Crippen molar-refractivity contribution in [1.29, 1.82) is 0 Å². The Morgan fingerprint density at radius 2 is 2.22 bits per heavy atom. The summed E-state index contributed by atoms with van der Waals surface area (Å²) in [7, 11) is 0. The molecule has 1 aromatic carbocycles. The Labute approximate surface area is 138 Å². The quantitative estimate of drug-likeness (QED) is 0.855. The first-order chi connectivity index (χ1) is 11.2. The van der Waals surface area contributed by atoms with Gasteiger partial charge in [-0.3, -0.25) is 9.69 Å². The number of nitrogens with zero attached hydrogens (tertiary/aromatic N) is 1. The third kappa shape index (κ3) is 4.77. The minimum absolute atomic E-state index is 0.131. The molecule has 3 atom stereocenters. The molecular weight excluding hydrogens is 290 g/mol. The molecule has 2 heterocycles. The van der Waals surface area contributed by atoms with Gasteiger partial charge in [0, 0.05) is 44.2 Å². The van der Waals surface area contributed by atoms with Crippen LogP contribution in [0.2, 0.25) is 0 Å². The van der Waals surface area contributed by atoms with E-state index in [0.29, 0.717) is 19.1 Å². The molecule has 0 aliphatic carbocycles. The highest BCUT2D eigenvalue weighted by Gasteiger charge is 2.30. The van der Waals surface area contributed by atoms with Crippen LogP contribution in [0.4, 0.5) is 0 Å². The Bertz CT molecular complexity index is 502. The third-order valence-electron chi connectivity index (χ3n) is 4.73. The van der Waals surface area contributed by atoms with Gasteiger partial charge >= 0.3 is 0 Å². The van der Waals surface area contributed by atoms with Gasteiger partial charge in [-0.2, -0.15) is 0 Å². The Morgan fingerprint density at radius 3 is 2.96 bits per heavy atom. The van der Waals surface area contributed by atoms with E-state index < -0.39 is 0 Å². The fourth-order valence-electron chi connectivity index (χ4n) is 3.50. The van der Waals surface area contributed by atoms with Gasteiger partial charge in [0.05, 0.1) is 13.2 Å². The van der Waals surface area contributed by atoms with E-state index in [9.17, 15) is 4.79 Å². The summed E-state index contributed by atoms with van der Waals surface area (Å²) in [6.07, 6.45) is 1.52. The zero-order valence-corrected chi connectivity index (χ0v) is 13.8. The van der Waals surface area contributed by atoms with E-state index in [2.05, 4.69) is 46.7 Å². The molecule has 2 N–H and O–H groups in total. The monoisotopic (exact) mass is 317 g/mol. The van der Waals surface area contributed by atoms with Gasteiger partial charge in [-0.25, -0.2) is 0 Å². The first kappa shape index (κ1) is 16.4. The van der Waals surface area contributed by atoms with E-state index in [1.165, 1.54) is 5.56 Å². The molecule has 23 heavy (non-hydrogen) atoms. The van der Waals surface area contributed by atoms with E-state index in [1.54, 1.807) is 0 Å². The van der Waals surface area contributed by atoms with Gasteiger partial charge in [0.1, 0.15) is 0 Å². The number of rotatable bonds is 5. The predicted molar refractivity (Wildman–Crippen MR) is 90.1 cm³/mol. The number of hydrogen-bond donors (Lipinski definition) is 2. The summed E-state index contributed by atoms with van der Waals surface area (Å²) in [6.45, 7) is 6.33. The van der Waals surface area contributed by atoms with Gasteiger partial charge in [-0.1, -0.05) is 30.3 Å². The first-order valence-corrected chi connectivity index (χ1v) is 8.59. The van der Waals surface area contributed by atoms with Crippen LogP contribution < -0.4 is 10.6 Å². The highest BCUT2D eigenvalue weighted by Crippen LogP contribution is 2.20. The van der Waals surface area contributed by atoms with E-state index in [4.69, 9.17) is 4.74 Å². The second kappa shape index (κ2) is 7.90. The highest BCUT2D eigenvalue weighted by atomic mass is 16.5. The molecule has 2 aliphatic rings. The van der Waals surface area contributed by atoms with E-state index in [-0.39, 0.29) is 18.0 Å². The molecule has 5 heteroatoms. The Kier molecular flexibility index (Phi) is 5.65. The second-order valence-electron chi connectivity index (χ2n) is 6.69. The zero-order valence-electron chi connectivity index (χ0n) is 13.8. The molecule has 0 saturated carbocycles. The van der Waals surface area contributed by atoms with Crippen LogP contribution in [0.1, 0.15) is 25.3 Å². The SMILES string of the molecule is CC1CC(NC(=O)CC2COCCN2)CN1Cc1ccccc1. The van der Waals surface area contributed by atoms with Crippen molar-refractivity contribution in [1.82, 2.24) is 15.5 Å². The van der Waals surface area contributed by atoms with Crippen molar-refractivity contribution in [2.24, 2.45) is 0 Å². The van der Waals surface area contributed by atoms with Gasteiger partial charge < -0.3 is 15.4 Å². The van der Waals surface area contributed by atoms with Crippen LogP contribution in [-0.2, 0) is 16.1 Å². The van der Waals surface area contributed by atoms with Crippen molar-refractivity contribution >= 4 is 5.91 Å².